The summed E-state index contributed by atoms with van der Waals surface area (Å²) >= 11 is 3.33. The van der Waals surface area contributed by atoms with Crippen LogP contribution in [-0.2, 0) is 20.9 Å². The molecule has 108 valence electrons. The maximum atomic E-state index is 11.5. The molecular weight excluding hydrogens is 326 g/mol. The first kappa shape index (κ1) is 16.4. The number of halogens is 1. The van der Waals surface area contributed by atoms with Crippen molar-refractivity contribution < 1.29 is 19.1 Å². The van der Waals surface area contributed by atoms with E-state index in [-0.39, 0.29) is 13.0 Å². The minimum atomic E-state index is -0.716. The first-order chi connectivity index (χ1) is 9.51. The van der Waals surface area contributed by atoms with Crippen molar-refractivity contribution in [1.82, 2.24) is 0 Å². The van der Waals surface area contributed by atoms with Crippen LogP contribution in [0.1, 0.15) is 25.8 Å². The molecular formula is C14H16BrNO4. The minimum absolute atomic E-state index is 0.0141. The van der Waals surface area contributed by atoms with E-state index in [1.54, 1.807) is 13.8 Å². The van der Waals surface area contributed by atoms with Crippen LogP contribution in [0.15, 0.2) is 33.7 Å². The van der Waals surface area contributed by atoms with Crippen LogP contribution in [0.2, 0.25) is 0 Å². The summed E-state index contributed by atoms with van der Waals surface area (Å²) in [5, 5.41) is 0. The maximum absolute atomic E-state index is 11.5. The molecule has 0 aliphatic heterocycles. The average Bonchev–Trinajstić information content (AvgIpc) is 2.36. The van der Waals surface area contributed by atoms with Crippen LogP contribution < -0.4 is 0 Å². The zero-order valence-electron chi connectivity index (χ0n) is 11.4. The topological polar surface area (TPSA) is 65.0 Å². The van der Waals surface area contributed by atoms with Crippen molar-refractivity contribution >= 4 is 33.7 Å². The number of hydrogen-bond acceptors (Lipinski definition) is 4. The molecule has 1 amide bonds. The Bertz CT molecular complexity index is 514. The smallest absolute Gasteiger partial charge is 0.433 e. The monoisotopic (exact) mass is 341 g/mol. The quantitative estimate of drug-likeness (QED) is 0.607. The van der Waals surface area contributed by atoms with Gasteiger partial charge < -0.3 is 9.47 Å². The summed E-state index contributed by atoms with van der Waals surface area (Å²) in [6, 6.07) is 7.42. The fourth-order valence-electron chi connectivity index (χ4n) is 1.42. The van der Waals surface area contributed by atoms with Gasteiger partial charge in [-0.2, -0.15) is 4.99 Å². The third-order valence-electron chi connectivity index (χ3n) is 2.24. The highest BCUT2D eigenvalue weighted by Gasteiger charge is 2.07. The number of carbonyl (C=O) groups is 2. The zero-order valence-corrected chi connectivity index (χ0v) is 13.0. The van der Waals surface area contributed by atoms with Gasteiger partial charge in [-0.1, -0.05) is 28.1 Å². The number of amides is 1. The Labute approximate surface area is 126 Å². The van der Waals surface area contributed by atoms with Crippen molar-refractivity contribution in [3.05, 3.63) is 34.3 Å². The maximum Gasteiger partial charge on any atom is 0.433 e. The van der Waals surface area contributed by atoms with Gasteiger partial charge >= 0.3 is 12.1 Å². The summed E-state index contributed by atoms with van der Waals surface area (Å²) in [6.45, 7) is 3.74. The Balaban J connectivity index is 2.44. The van der Waals surface area contributed by atoms with Crippen molar-refractivity contribution in [2.24, 2.45) is 4.99 Å². The summed E-state index contributed by atoms with van der Waals surface area (Å²) in [5.74, 6) is -0.409. The summed E-state index contributed by atoms with van der Waals surface area (Å²) in [7, 11) is 0. The van der Waals surface area contributed by atoms with Crippen molar-refractivity contribution in [3.8, 4) is 0 Å². The molecule has 1 aromatic rings. The first-order valence-corrected chi connectivity index (χ1v) is 6.91. The lowest BCUT2D eigenvalue weighted by Crippen LogP contribution is -2.11. The van der Waals surface area contributed by atoms with E-state index in [1.165, 1.54) is 0 Å². The number of benzene rings is 1. The first-order valence-electron chi connectivity index (χ1n) is 6.12. The molecule has 0 N–H and O–H groups in total. The van der Waals surface area contributed by atoms with E-state index in [1.807, 2.05) is 24.3 Å². The van der Waals surface area contributed by atoms with Gasteiger partial charge in [-0.05, 0) is 31.5 Å². The summed E-state index contributed by atoms with van der Waals surface area (Å²) in [6.07, 6.45) is -0.730. The van der Waals surface area contributed by atoms with Crippen LogP contribution in [-0.4, -0.2) is 24.4 Å². The minimum Gasteiger partial charge on any atom is -0.466 e. The fourth-order valence-corrected chi connectivity index (χ4v) is 1.87. The Kier molecular flexibility index (Phi) is 6.93. The molecule has 5 nitrogen and oxygen atoms in total. The highest BCUT2D eigenvalue weighted by molar-refractivity contribution is 9.10. The molecule has 0 bridgehead atoms. The van der Waals surface area contributed by atoms with Crippen molar-refractivity contribution in [1.29, 1.82) is 0 Å². The Morgan fingerprint density at radius 2 is 2.05 bits per heavy atom. The lowest BCUT2D eigenvalue weighted by molar-refractivity contribution is -0.141. The van der Waals surface area contributed by atoms with Crippen LogP contribution in [0.4, 0.5) is 4.79 Å². The van der Waals surface area contributed by atoms with E-state index >= 15 is 0 Å². The molecule has 1 rings (SSSR count). The second kappa shape index (κ2) is 8.47. The van der Waals surface area contributed by atoms with Gasteiger partial charge in [0, 0.05) is 10.2 Å². The van der Waals surface area contributed by atoms with Gasteiger partial charge in [0.1, 0.15) is 6.61 Å². The largest absolute Gasteiger partial charge is 0.466 e. The molecule has 20 heavy (non-hydrogen) atoms. The van der Waals surface area contributed by atoms with E-state index < -0.39 is 12.1 Å². The number of esters is 1. The van der Waals surface area contributed by atoms with Crippen LogP contribution in [0, 0.1) is 0 Å². The van der Waals surface area contributed by atoms with E-state index in [4.69, 9.17) is 9.47 Å². The molecule has 0 aliphatic carbocycles. The van der Waals surface area contributed by atoms with Gasteiger partial charge in [0.25, 0.3) is 0 Å². The van der Waals surface area contributed by atoms with Gasteiger partial charge in [-0.15, -0.1) is 0 Å². The molecule has 1 aromatic carbocycles. The average molecular weight is 342 g/mol. The third kappa shape index (κ3) is 6.47. The van der Waals surface area contributed by atoms with E-state index in [0.29, 0.717) is 12.3 Å². The summed E-state index contributed by atoms with van der Waals surface area (Å²) in [5.41, 5.74) is 1.22. The fraction of sp³-hybridized carbons (Fsp3) is 0.357. The lowest BCUT2D eigenvalue weighted by atomic mass is 10.2. The summed E-state index contributed by atoms with van der Waals surface area (Å²) in [4.78, 5) is 26.3. The lowest BCUT2D eigenvalue weighted by Gasteiger charge is -2.04. The van der Waals surface area contributed by atoms with Gasteiger partial charge in [-0.3, -0.25) is 4.79 Å². The number of rotatable bonds is 5. The molecule has 0 spiro atoms. The van der Waals surface area contributed by atoms with Crippen molar-refractivity contribution in [2.45, 2.75) is 26.9 Å². The highest BCUT2D eigenvalue weighted by Crippen LogP contribution is 2.12. The second-order valence-corrected chi connectivity index (χ2v) is 4.93. The van der Waals surface area contributed by atoms with Gasteiger partial charge in [0.05, 0.1) is 13.0 Å². The van der Waals surface area contributed by atoms with E-state index in [9.17, 15) is 9.59 Å². The number of carbonyl (C=O) groups excluding carboxylic acids is 2. The van der Waals surface area contributed by atoms with Gasteiger partial charge in [-0.25, -0.2) is 4.79 Å². The van der Waals surface area contributed by atoms with Gasteiger partial charge in [0.15, 0.2) is 0 Å². The van der Waals surface area contributed by atoms with Crippen LogP contribution in [0.3, 0.4) is 0 Å². The molecule has 0 saturated carbocycles. The van der Waals surface area contributed by atoms with Crippen LogP contribution in [0.25, 0.3) is 0 Å². The summed E-state index contributed by atoms with van der Waals surface area (Å²) < 4.78 is 10.7. The molecule has 0 aromatic heterocycles. The molecule has 0 heterocycles. The van der Waals surface area contributed by atoms with Crippen LogP contribution >= 0.6 is 15.9 Å². The molecule has 0 atom stereocenters. The molecule has 0 radical (unpaired) electrons. The molecule has 0 aliphatic rings. The number of aliphatic imine (C=N–C) groups is 1. The zero-order chi connectivity index (χ0) is 15.0. The standard InChI is InChI=1S/C14H16BrNO4/c1-3-19-13(17)7-10(2)16-14(18)20-9-11-5-4-6-12(15)8-11/h4-6,8H,3,7,9H2,1-2H3. The normalized spacial score (nSPS) is 11.1. The van der Waals surface area contributed by atoms with E-state index in [0.717, 1.165) is 10.0 Å². The van der Waals surface area contributed by atoms with Crippen LogP contribution in [0.5, 0.6) is 0 Å². The molecule has 0 unspecified atom stereocenters. The highest BCUT2D eigenvalue weighted by atomic mass is 79.9. The number of nitrogens with zero attached hydrogens (tertiary/aromatic N) is 1. The van der Waals surface area contributed by atoms with Gasteiger partial charge in [0.2, 0.25) is 0 Å². The van der Waals surface area contributed by atoms with Crippen molar-refractivity contribution in [3.63, 3.8) is 0 Å². The Morgan fingerprint density at radius 1 is 1.30 bits per heavy atom. The predicted octanol–water partition coefficient (Wildman–Crippen LogP) is 3.50. The molecule has 0 saturated heterocycles. The van der Waals surface area contributed by atoms with E-state index in [2.05, 4.69) is 20.9 Å². The molecule has 6 heteroatoms. The molecule has 0 fully saturated rings. The van der Waals surface area contributed by atoms with Crippen molar-refractivity contribution in [2.75, 3.05) is 6.61 Å². The Morgan fingerprint density at radius 3 is 2.70 bits per heavy atom. The third-order valence-corrected chi connectivity index (χ3v) is 2.73. The number of ether oxygens (including phenoxy) is 2. The number of hydrogen-bond donors (Lipinski definition) is 0. The predicted molar refractivity (Wildman–Crippen MR) is 78.7 cm³/mol. The second-order valence-electron chi connectivity index (χ2n) is 4.01. The Hall–Kier alpha value is -1.69. The SMILES string of the molecule is CCOC(=O)CC(C)=NC(=O)OCc1cccc(Br)c1.